The number of primary amides is 1. The Labute approximate surface area is 111 Å². The highest BCUT2D eigenvalue weighted by atomic mass is 16.1. The van der Waals surface area contributed by atoms with Crippen molar-refractivity contribution in [2.75, 3.05) is 20.1 Å². The molecule has 1 aliphatic carbocycles. The number of nitrogens with two attached hydrogens (primary N) is 1. The topological polar surface area (TPSA) is 58.4 Å². The quantitative estimate of drug-likeness (QED) is 0.678. The van der Waals surface area contributed by atoms with Crippen molar-refractivity contribution in [2.24, 2.45) is 5.73 Å². The number of likely N-dealkylation sites (N-methyl/N-ethyl adjacent to an activating group) is 1. The van der Waals surface area contributed by atoms with Crippen LogP contribution in [0, 0.1) is 0 Å². The van der Waals surface area contributed by atoms with E-state index in [9.17, 15) is 4.79 Å². The van der Waals surface area contributed by atoms with Gasteiger partial charge in [0.15, 0.2) is 0 Å². The summed E-state index contributed by atoms with van der Waals surface area (Å²) in [6, 6.07) is 0.519. The van der Waals surface area contributed by atoms with Gasteiger partial charge in [0.2, 0.25) is 5.91 Å². The van der Waals surface area contributed by atoms with Crippen LogP contribution in [0.4, 0.5) is 0 Å². The number of nitrogens with zero attached hydrogens (tertiary/aromatic N) is 1. The number of hydrogen-bond donors (Lipinski definition) is 2. The molecule has 4 nitrogen and oxygen atoms in total. The molecular formula is C14H29N3O. The molecule has 0 saturated heterocycles. The van der Waals surface area contributed by atoms with Crippen LogP contribution in [-0.2, 0) is 4.79 Å². The van der Waals surface area contributed by atoms with E-state index in [2.05, 4.69) is 17.3 Å². The Bertz CT molecular complexity index is 237. The average Bonchev–Trinajstić information content (AvgIpc) is 2.62. The zero-order valence-electron chi connectivity index (χ0n) is 12.0. The van der Waals surface area contributed by atoms with E-state index < -0.39 is 0 Å². The molecule has 0 aromatic heterocycles. The van der Waals surface area contributed by atoms with Crippen molar-refractivity contribution in [1.82, 2.24) is 10.2 Å². The van der Waals surface area contributed by atoms with Crippen LogP contribution >= 0.6 is 0 Å². The highest BCUT2D eigenvalue weighted by Crippen LogP contribution is 2.21. The van der Waals surface area contributed by atoms with Gasteiger partial charge in [0.05, 0.1) is 6.04 Å². The summed E-state index contributed by atoms with van der Waals surface area (Å²) in [6.07, 6.45) is 8.88. The minimum absolute atomic E-state index is 0.178. The maximum atomic E-state index is 11.3. The van der Waals surface area contributed by atoms with E-state index in [0.29, 0.717) is 6.04 Å². The minimum Gasteiger partial charge on any atom is -0.368 e. The second-order valence-electron chi connectivity index (χ2n) is 5.43. The van der Waals surface area contributed by atoms with E-state index in [0.717, 1.165) is 19.5 Å². The normalized spacial score (nSPS) is 19.7. The standard InChI is InChI=1S/C14H29N3O/c1-3-16-13(14(15)18)10-11-17(2)12-8-6-4-5-7-9-12/h12-13,16H,3-11H2,1-2H3,(H2,15,18). The lowest BCUT2D eigenvalue weighted by Gasteiger charge is -2.28. The van der Waals surface area contributed by atoms with E-state index in [-0.39, 0.29) is 11.9 Å². The Hall–Kier alpha value is -0.610. The van der Waals surface area contributed by atoms with Crippen molar-refractivity contribution >= 4 is 5.91 Å². The second-order valence-corrected chi connectivity index (χ2v) is 5.43. The fraction of sp³-hybridized carbons (Fsp3) is 0.929. The number of hydrogen-bond acceptors (Lipinski definition) is 3. The predicted octanol–water partition coefficient (Wildman–Crippen LogP) is 1.49. The molecule has 0 heterocycles. The van der Waals surface area contributed by atoms with Gasteiger partial charge < -0.3 is 16.0 Å². The Balaban J connectivity index is 2.33. The molecule has 0 bridgehead atoms. The van der Waals surface area contributed by atoms with Crippen LogP contribution in [0.5, 0.6) is 0 Å². The molecule has 1 amide bonds. The molecule has 1 saturated carbocycles. The van der Waals surface area contributed by atoms with Crippen LogP contribution in [0.15, 0.2) is 0 Å². The van der Waals surface area contributed by atoms with Crippen molar-refractivity contribution in [2.45, 2.75) is 64.0 Å². The summed E-state index contributed by atoms with van der Waals surface area (Å²) in [5.41, 5.74) is 5.39. The van der Waals surface area contributed by atoms with Crippen LogP contribution in [-0.4, -0.2) is 43.0 Å². The molecule has 1 atom stereocenters. The van der Waals surface area contributed by atoms with Crippen molar-refractivity contribution in [3.8, 4) is 0 Å². The molecule has 0 radical (unpaired) electrons. The summed E-state index contributed by atoms with van der Waals surface area (Å²) in [7, 11) is 2.18. The van der Waals surface area contributed by atoms with Crippen LogP contribution in [0.3, 0.4) is 0 Å². The lowest BCUT2D eigenvalue weighted by molar-refractivity contribution is -0.120. The Kier molecular flexibility index (Phi) is 7.28. The Morgan fingerprint density at radius 3 is 2.44 bits per heavy atom. The summed E-state index contributed by atoms with van der Waals surface area (Å²) in [6.45, 7) is 3.75. The summed E-state index contributed by atoms with van der Waals surface area (Å²) in [5.74, 6) is -0.230. The van der Waals surface area contributed by atoms with Gasteiger partial charge in [0, 0.05) is 12.6 Å². The number of carbonyl (C=O) groups is 1. The summed E-state index contributed by atoms with van der Waals surface area (Å²) in [4.78, 5) is 13.7. The smallest absolute Gasteiger partial charge is 0.234 e. The third-order valence-electron chi connectivity index (χ3n) is 4.01. The lowest BCUT2D eigenvalue weighted by Crippen LogP contribution is -2.44. The molecule has 1 aliphatic rings. The van der Waals surface area contributed by atoms with E-state index in [1.54, 1.807) is 0 Å². The van der Waals surface area contributed by atoms with Gasteiger partial charge in [-0.2, -0.15) is 0 Å². The van der Waals surface area contributed by atoms with E-state index in [1.807, 2.05) is 6.92 Å². The molecule has 1 unspecified atom stereocenters. The fourth-order valence-electron chi connectivity index (χ4n) is 2.81. The van der Waals surface area contributed by atoms with E-state index >= 15 is 0 Å². The first-order valence-corrected chi connectivity index (χ1v) is 7.38. The molecular weight excluding hydrogens is 226 g/mol. The molecule has 0 aliphatic heterocycles. The summed E-state index contributed by atoms with van der Waals surface area (Å²) >= 11 is 0. The molecule has 1 fully saturated rings. The SMILES string of the molecule is CCNC(CCN(C)C1CCCCCC1)C(N)=O. The predicted molar refractivity (Wildman–Crippen MR) is 75.4 cm³/mol. The molecule has 1 rings (SSSR count). The van der Waals surface area contributed by atoms with Gasteiger partial charge in [0.1, 0.15) is 0 Å². The first-order chi connectivity index (χ1) is 8.65. The zero-order chi connectivity index (χ0) is 13.4. The highest BCUT2D eigenvalue weighted by molar-refractivity contribution is 5.79. The molecule has 4 heteroatoms. The molecule has 106 valence electrons. The summed E-state index contributed by atoms with van der Waals surface area (Å²) in [5, 5.41) is 3.15. The third-order valence-corrected chi connectivity index (χ3v) is 4.01. The van der Waals surface area contributed by atoms with Gasteiger partial charge in [-0.15, -0.1) is 0 Å². The van der Waals surface area contributed by atoms with Gasteiger partial charge in [-0.25, -0.2) is 0 Å². The van der Waals surface area contributed by atoms with Crippen LogP contribution in [0.1, 0.15) is 51.9 Å². The first-order valence-electron chi connectivity index (χ1n) is 7.38. The van der Waals surface area contributed by atoms with Gasteiger partial charge in [-0.05, 0) is 32.9 Å². The van der Waals surface area contributed by atoms with Gasteiger partial charge in [0.25, 0.3) is 0 Å². The van der Waals surface area contributed by atoms with Gasteiger partial charge in [-0.3, -0.25) is 4.79 Å². The first kappa shape index (κ1) is 15.4. The Morgan fingerprint density at radius 1 is 1.33 bits per heavy atom. The van der Waals surface area contributed by atoms with E-state index in [1.165, 1.54) is 38.5 Å². The lowest BCUT2D eigenvalue weighted by atomic mass is 10.1. The molecule has 3 N–H and O–H groups in total. The molecule has 0 aromatic carbocycles. The fourth-order valence-corrected chi connectivity index (χ4v) is 2.81. The van der Waals surface area contributed by atoms with Crippen molar-refractivity contribution in [1.29, 1.82) is 0 Å². The maximum absolute atomic E-state index is 11.3. The van der Waals surface area contributed by atoms with Crippen LogP contribution < -0.4 is 11.1 Å². The van der Waals surface area contributed by atoms with Crippen molar-refractivity contribution in [3.05, 3.63) is 0 Å². The number of rotatable bonds is 7. The molecule has 0 spiro atoms. The van der Waals surface area contributed by atoms with Gasteiger partial charge in [-0.1, -0.05) is 32.6 Å². The average molecular weight is 255 g/mol. The largest absolute Gasteiger partial charge is 0.368 e. The number of amides is 1. The van der Waals surface area contributed by atoms with Crippen molar-refractivity contribution in [3.63, 3.8) is 0 Å². The monoisotopic (exact) mass is 255 g/mol. The Morgan fingerprint density at radius 2 is 1.94 bits per heavy atom. The van der Waals surface area contributed by atoms with Crippen LogP contribution in [0.2, 0.25) is 0 Å². The molecule has 18 heavy (non-hydrogen) atoms. The highest BCUT2D eigenvalue weighted by Gasteiger charge is 2.19. The van der Waals surface area contributed by atoms with E-state index in [4.69, 9.17) is 5.73 Å². The molecule has 0 aromatic rings. The minimum atomic E-state index is -0.230. The third kappa shape index (κ3) is 5.36. The van der Waals surface area contributed by atoms with Crippen LogP contribution in [0.25, 0.3) is 0 Å². The maximum Gasteiger partial charge on any atom is 0.234 e. The second kappa shape index (κ2) is 8.48. The summed E-state index contributed by atoms with van der Waals surface area (Å²) < 4.78 is 0. The number of carbonyl (C=O) groups excluding carboxylic acids is 1. The number of nitrogens with one attached hydrogen (secondary N) is 1. The van der Waals surface area contributed by atoms with Gasteiger partial charge >= 0.3 is 0 Å². The zero-order valence-corrected chi connectivity index (χ0v) is 12.0. The van der Waals surface area contributed by atoms with Crippen molar-refractivity contribution < 1.29 is 4.79 Å².